The van der Waals surface area contributed by atoms with Gasteiger partial charge in [-0.3, -0.25) is 4.79 Å². The van der Waals surface area contributed by atoms with Crippen LogP contribution in [0.1, 0.15) is 5.56 Å². The summed E-state index contributed by atoms with van der Waals surface area (Å²) in [6, 6.07) is 3.34. The third-order valence-electron chi connectivity index (χ3n) is 2.86. The van der Waals surface area contributed by atoms with Crippen molar-refractivity contribution in [3.05, 3.63) is 35.4 Å². The van der Waals surface area contributed by atoms with Crippen molar-refractivity contribution >= 4 is 5.91 Å². The molecule has 6 heteroatoms. The van der Waals surface area contributed by atoms with Crippen molar-refractivity contribution in [3.8, 4) is 0 Å². The molecule has 0 aliphatic carbocycles. The Labute approximate surface area is 110 Å². The fourth-order valence-corrected chi connectivity index (χ4v) is 1.93. The number of rotatable bonds is 4. The second-order valence-corrected chi connectivity index (χ2v) is 4.38. The lowest BCUT2D eigenvalue weighted by Crippen LogP contribution is -2.48. The first-order chi connectivity index (χ1) is 9.15. The number of benzene rings is 1. The normalized spacial score (nSPS) is 19.2. The van der Waals surface area contributed by atoms with Crippen LogP contribution in [0.5, 0.6) is 0 Å². The maximum Gasteiger partial charge on any atom is 0.250 e. The van der Waals surface area contributed by atoms with E-state index in [-0.39, 0.29) is 5.91 Å². The number of nitrogens with one attached hydrogen (secondary N) is 2. The molecule has 1 aromatic carbocycles. The molecule has 1 fully saturated rings. The molecular weight excluding hydrogens is 254 g/mol. The lowest BCUT2D eigenvalue weighted by atomic mass is 10.1. The molecule has 1 heterocycles. The van der Waals surface area contributed by atoms with Crippen LogP contribution in [0.2, 0.25) is 0 Å². The highest BCUT2D eigenvalue weighted by Gasteiger charge is 2.20. The number of hydrogen-bond donors (Lipinski definition) is 2. The van der Waals surface area contributed by atoms with E-state index in [1.807, 2.05) is 0 Å². The standard InChI is InChI=1S/C13H16F2N2O2/c14-10-5-9(6-11(15)7-10)1-2-17-13(18)12-8-16-3-4-19-12/h5-7,12,16H,1-4,8H2,(H,17,18). The maximum atomic E-state index is 12.9. The van der Waals surface area contributed by atoms with Crippen molar-refractivity contribution in [2.24, 2.45) is 0 Å². The molecular formula is C13H16F2N2O2. The molecule has 1 unspecified atom stereocenters. The minimum atomic E-state index is -0.610. The van der Waals surface area contributed by atoms with Crippen LogP contribution in [0.15, 0.2) is 18.2 Å². The summed E-state index contributed by atoms with van der Waals surface area (Å²) < 4.78 is 31.2. The topological polar surface area (TPSA) is 50.4 Å². The lowest BCUT2D eigenvalue weighted by molar-refractivity contribution is -0.134. The molecule has 2 N–H and O–H groups in total. The molecule has 1 aliphatic heterocycles. The number of ether oxygens (including phenoxy) is 1. The zero-order chi connectivity index (χ0) is 13.7. The van der Waals surface area contributed by atoms with Gasteiger partial charge in [0.25, 0.3) is 0 Å². The van der Waals surface area contributed by atoms with Gasteiger partial charge in [0.05, 0.1) is 6.61 Å². The van der Waals surface area contributed by atoms with Crippen LogP contribution in [0, 0.1) is 11.6 Å². The third-order valence-corrected chi connectivity index (χ3v) is 2.86. The summed E-state index contributed by atoms with van der Waals surface area (Å²) in [7, 11) is 0. The summed E-state index contributed by atoms with van der Waals surface area (Å²) in [5.41, 5.74) is 0.514. The highest BCUT2D eigenvalue weighted by Crippen LogP contribution is 2.08. The van der Waals surface area contributed by atoms with Gasteiger partial charge in [0.2, 0.25) is 5.91 Å². The molecule has 0 spiro atoms. The summed E-state index contributed by atoms with van der Waals surface area (Å²) in [5, 5.41) is 5.74. The molecule has 1 amide bonds. The molecule has 1 atom stereocenters. The van der Waals surface area contributed by atoms with E-state index in [0.717, 1.165) is 12.6 Å². The number of hydrogen-bond acceptors (Lipinski definition) is 3. The number of carbonyl (C=O) groups excluding carboxylic acids is 1. The Morgan fingerprint density at radius 1 is 1.37 bits per heavy atom. The van der Waals surface area contributed by atoms with Crippen molar-refractivity contribution in [3.63, 3.8) is 0 Å². The Hall–Kier alpha value is -1.53. The van der Waals surface area contributed by atoms with Crippen LogP contribution >= 0.6 is 0 Å². The molecule has 1 aliphatic rings. The van der Waals surface area contributed by atoms with E-state index < -0.39 is 17.7 Å². The number of amides is 1. The van der Waals surface area contributed by atoms with Crippen LogP contribution in [-0.2, 0) is 16.0 Å². The fraction of sp³-hybridized carbons (Fsp3) is 0.462. The van der Waals surface area contributed by atoms with Crippen LogP contribution in [0.25, 0.3) is 0 Å². The molecule has 104 valence electrons. The Bertz CT molecular complexity index is 428. The molecule has 0 aromatic heterocycles. The molecule has 2 rings (SSSR count). The average molecular weight is 270 g/mol. The van der Waals surface area contributed by atoms with Crippen molar-refractivity contribution in [1.29, 1.82) is 0 Å². The zero-order valence-electron chi connectivity index (χ0n) is 10.4. The van der Waals surface area contributed by atoms with Gasteiger partial charge in [0.15, 0.2) is 0 Å². The van der Waals surface area contributed by atoms with E-state index in [9.17, 15) is 13.6 Å². The van der Waals surface area contributed by atoms with Gasteiger partial charge in [-0.2, -0.15) is 0 Å². The molecule has 0 radical (unpaired) electrons. The number of morpholine rings is 1. The van der Waals surface area contributed by atoms with E-state index in [1.54, 1.807) is 0 Å². The summed E-state index contributed by atoms with van der Waals surface area (Å²) >= 11 is 0. The van der Waals surface area contributed by atoms with Crippen molar-refractivity contribution in [2.75, 3.05) is 26.2 Å². The highest BCUT2D eigenvalue weighted by atomic mass is 19.1. The van der Waals surface area contributed by atoms with Crippen molar-refractivity contribution in [1.82, 2.24) is 10.6 Å². The van der Waals surface area contributed by atoms with Gasteiger partial charge in [-0.1, -0.05) is 0 Å². The molecule has 19 heavy (non-hydrogen) atoms. The van der Waals surface area contributed by atoms with E-state index in [4.69, 9.17) is 4.74 Å². The number of halogens is 2. The summed E-state index contributed by atoms with van der Waals surface area (Å²) in [4.78, 5) is 11.7. The second-order valence-electron chi connectivity index (χ2n) is 4.38. The van der Waals surface area contributed by atoms with E-state index >= 15 is 0 Å². The minimum absolute atomic E-state index is 0.205. The van der Waals surface area contributed by atoms with Gasteiger partial charge >= 0.3 is 0 Å². The van der Waals surface area contributed by atoms with Crippen molar-refractivity contribution < 1.29 is 18.3 Å². The van der Waals surface area contributed by atoms with Crippen LogP contribution in [0.3, 0.4) is 0 Å². The summed E-state index contributed by atoms with van der Waals surface area (Å²) in [6.45, 7) is 2.06. The maximum absolute atomic E-state index is 12.9. The lowest BCUT2D eigenvalue weighted by Gasteiger charge is -2.22. The average Bonchev–Trinajstić information content (AvgIpc) is 2.38. The Balaban J connectivity index is 1.77. The SMILES string of the molecule is O=C(NCCc1cc(F)cc(F)c1)C1CNCCO1. The zero-order valence-corrected chi connectivity index (χ0v) is 10.4. The van der Waals surface area contributed by atoms with E-state index in [1.165, 1.54) is 12.1 Å². The third kappa shape index (κ3) is 4.25. The second kappa shape index (κ2) is 6.58. The van der Waals surface area contributed by atoms with Gasteiger partial charge in [-0.15, -0.1) is 0 Å². The Kier molecular flexibility index (Phi) is 4.81. The van der Waals surface area contributed by atoms with Gasteiger partial charge in [0, 0.05) is 25.7 Å². The smallest absolute Gasteiger partial charge is 0.250 e. The Morgan fingerprint density at radius 3 is 2.74 bits per heavy atom. The summed E-state index contributed by atoms with van der Waals surface area (Å²) in [5.74, 6) is -1.42. The van der Waals surface area contributed by atoms with Crippen molar-refractivity contribution in [2.45, 2.75) is 12.5 Å². The van der Waals surface area contributed by atoms with Gasteiger partial charge in [0.1, 0.15) is 17.7 Å². The highest BCUT2D eigenvalue weighted by molar-refractivity contribution is 5.81. The predicted molar refractivity (Wildman–Crippen MR) is 65.7 cm³/mol. The fourth-order valence-electron chi connectivity index (χ4n) is 1.93. The van der Waals surface area contributed by atoms with E-state index in [0.29, 0.717) is 31.7 Å². The first kappa shape index (κ1) is 13.9. The molecule has 4 nitrogen and oxygen atoms in total. The Morgan fingerprint density at radius 2 is 2.11 bits per heavy atom. The molecule has 1 saturated heterocycles. The van der Waals surface area contributed by atoms with Crippen LogP contribution in [0.4, 0.5) is 8.78 Å². The molecule has 0 saturated carbocycles. The number of carbonyl (C=O) groups is 1. The molecule has 0 bridgehead atoms. The van der Waals surface area contributed by atoms with Gasteiger partial charge in [-0.25, -0.2) is 8.78 Å². The van der Waals surface area contributed by atoms with Crippen LogP contribution in [-0.4, -0.2) is 38.3 Å². The van der Waals surface area contributed by atoms with Gasteiger partial charge in [-0.05, 0) is 24.1 Å². The summed E-state index contributed by atoms with van der Waals surface area (Å²) in [6.07, 6.45) is -0.112. The van der Waals surface area contributed by atoms with Gasteiger partial charge < -0.3 is 15.4 Å². The quantitative estimate of drug-likeness (QED) is 0.843. The monoisotopic (exact) mass is 270 g/mol. The van der Waals surface area contributed by atoms with Crippen LogP contribution < -0.4 is 10.6 Å². The molecule has 1 aromatic rings. The first-order valence-corrected chi connectivity index (χ1v) is 6.20. The predicted octanol–water partition coefficient (Wildman–Crippen LogP) is 0.612. The minimum Gasteiger partial charge on any atom is -0.366 e. The van der Waals surface area contributed by atoms with E-state index in [2.05, 4.69) is 10.6 Å². The largest absolute Gasteiger partial charge is 0.366 e. The first-order valence-electron chi connectivity index (χ1n) is 6.20.